The summed E-state index contributed by atoms with van der Waals surface area (Å²) in [6.07, 6.45) is 5.87. The summed E-state index contributed by atoms with van der Waals surface area (Å²) in [4.78, 5) is 29.0. The molecular formula is C24H27N7O. The molecule has 3 N–H and O–H groups in total. The molecular weight excluding hydrogens is 402 g/mol. The molecule has 0 unspecified atom stereocenters. The van der Waals surface area contributed by atoms with Crippen LogP contribution in [0.1, 0.15) is 31.5 Å². The van der Waals surface area contributed by atoms with Crippen LogP contribution in [-0.2, 0) is 4.79 Å². The van der Waals surface area contributed by atoms with Gasteiger partial charge in [0.2, 0.25) is 5.91 Å². The van der Waals surface area contributed by atoms with Crippen molar-refractivity contribution in [3.05, 3.63) is 48.5 Å². The van der Waals surface area contributed by atoms with Gasteiger partial charge in [0.1, 0.15) is 22.9 Å². The van der Waals surface area contributed by atoms with Crippen molar-refractivity contribution in [3.63, 3.8) is 0 Å². The van der Waals surface area contributed by atoms with Crippen LogP contribution in [0.2, 0.25) is 0 Å². The fourth-order valence-electron chi connectivity index (χ4n) is 5.26. The second-order valence-corrected chi connectivity index (χ2v) is 8.98. The van der Waals surface area contributed by atoms with Crippen LogP contribution in [0.25, 0.3) is 27.8 Å². The highest BCUT2D eigenvalue weighted by Gasteiger charge is 2.38. The molecule has 2 fully saturated rings. The first-order chi connectivity index (χ1) is 15.6. The van der Waals surface area contributed by atoms with E-state index >= 15 is 0 Å². The molecule has 3 aromatic heterocycles. The third-order valence-corrected chi connectivity index (χ3v) is 7.15. The first-order valence-corrected chi connectivity index (χ1v) is 11.3. The van der Waals surface area contributed by atoms with E-state index in [1.165, 1.54) is 0 Å². The number of anilines is 1. The van der Waals surface area contributed by atoms with Crippen LogP contribution in [0.4, 0.5) is 5.82 Å². The lowest BCUT2D eigenvalue weighted by molar-refractivity contribution is -0.131. The highest BCUT2D eigenvalue weighted by molar-refractivity contribution is 5.91. The molecule has 4 heterocycles. The molecule has 8 heteroatoms. The second kappa shape index (κ2) is 7.34. The number of carbonyl (C=O) groups is 1. The van der Waals surface area contributed by atoms with Crippen molar-refractivity contribution >= 4 is 28.1 Å². The summed E-state index contributed by atoms with van der Waals surface area (Å²) < 4.78 is 2.12. The van der Waals surface area contributed by atoms with Crippen molar-refractivity contribution in [1.29, 1.82) is 0 Å². The topological polar surface area (TPSA) is 95.5 Å². The Bertz CT molecular complexity index is 1280. The zero-order valence-corrected chi connectivity index (χ0v) is 18.2. The van der Waals surface area contributed by atoms with Gasteiger partial charge in [0.25, 0.3) is 0 Å². The Labute approximate surface area is 186 Å². The van der Waals surface area contributed by atoms with Crippen molar-refractivity contribution < 1.29 is 4.79 Å². The normalized spacial score (nSPS) is 21.8. The lowest BCUT2D eigenvalue weighted by Gasteiger charge is -2.46. The fraction of sp³-hybridized carbons (Fsp3) is 0.375. The number of carbonyl (C=O) groups excluding carboxylic acids is 1. The minimum atomic E-state index is 0.177. The number of aromatic amines is 1. The maximum absolute atomic E-state index is 11.6. The monoisotopic (exact) mass is 429 g/mol. The van der Waals surface area contributed by atoms with Gasteiger partial charge in [0, 0.05) is 68.4 Å². The van der Waals surface area contributed by atoms with Gasteiger partial charge in [-0.15, -0.1) is 0 Å². The number of hydrogen-bond acceptors (Lipinski definition) is 5. The van der Waals surface area contributed by atoms with Crippen LogP contribution in [0.15, 0.2) is 42.7 Å². The van der Waals surface area contributed by atoms with Crippen LogP contribution in [-0.4, -0.2) is 67.3 Å². The first-order valence-electron chi connectivity index (χ1n) is 11.3. The molecule has 1 aliphatic heterocycles. The van der Waals surface area contributed by atoms with E-state index in [-0.39, 0.29) is 5.91 Å². The van der Waals surface area contributed by atoms with Crippen molar-refractivity contribution in [2.75, 3.05) is 31.9 Å². The number of imidazole rings is 1. The number of hydrogen-bond donors (Lipinski definition) is 2. The SMILES string of the molecule is CC(=O)N1CCN([C@H]2C[C@@H](c3nc(-c4cc5ccccc5[nH]4)c4c(N)nccn43)C2)CC1. The molecule has 0 spiro atoms. The molecule has 0 radical (unpaired) electrons. The van der Waals surface area contributed by atoms with Crippen LogP contribution in [0.3, 0.4) is 0 Å². The Morgan fingerprint density at radius 3 is 2.69 bits per heavy atom. The molecule has 1 aliphatic carbocycles. The van der Waals surface area contributed by atoms with Gasteiger partial charge in [-0.05, 0) is 25.0 Å². The number of amides is 1. The Morgan fingerprint density at radius 1 is 1.16 bits per heavy atom. The highest BCUT2D eigenvalue weighted by atomic mass is 16.2. The number of fused-ring (bicyclic) bond motifs is 2. The lowest BCUT2D eigenvalue weighted by atomic mass is 9.78. The zero-order valence-electron chi connectivity index (χ0n) is 18.2. The number of nitrogens with two attached hydrogens (primary N) is 1. The van der Waals surface area contributed by atoms with E-state index in [1.54, 1.807) is 13.1 Å². The predicted molar refractivity (Wildman–Crippen MR) is 124 cm³/mol. The van der Waals surface area contributed by atoms with Gasteiger partial charge in [-0.1, -0.05) is 18.2 Å². The molecule has 2 aliphatic rings. The van der Waals surface area contributed by atoms with Crippen LogP contribution in [0, 0.1) is 0 Å². The average Bonchev–Trinajstić information content (AvgIpc) is 3.36. The van der Waals surface area contributed by atoms with E-state index in [0.29, 0.717) is 17.8 Å². The third-order valence-electron chi connectivity index (χ3n) is 7.15. The Morgan fingerprint density at radius 2 is 1.94 bits per heavy atom. The van der Waals surface area contributed by atoms with Crippen molar-refractivity contribution in [1.82, 2.24) is 29.2 Å². The van der Waals surface area contributed by atoms with Gasteiger partial charge >= 0.3 is 0 Å². The van der Waals surface area contributed by atoms with E-state index in [0.717, 1.165) is 72.7 Å². The molecule has 1 saturated carbocycles. The summed E-state index contributed by atoms with van der Waals surface area (Å²) in [5.74, 6) is 2.12. The molecule has 4 aromatic rings. The first kappa shape index (κ1) is 19.3. The number of nitrogens with zero attached hydrogens (tertiary/aromatic N) is 5. The van der Waals surface area contributed by atoms with E-state index in [1.807, 2.05) is 23.2 Å². The summed E-state index contributed by atoms with van der Waals surface area (Å²) in [5, 5.41) is 1.15. The molecule has 32 heavy (non-hydrogen) atoms. The van der Waals surface area contributed by atoms with Gasteiger partial charge in [-0.2, -0.15) is 0 Å². The quantitative estimate of drug-likeness (QED) is 0.522. The molecule has 0 atom stereocenters. The zero-order chi connectivity index (χ0) is 21.8. The number of nitrogens with one attached hydrogen (secondary N) is 1. The maximum Gasteiger partial charge on any atom is 0.219 e. The minimum Gasteiger partial charge on any atom is -0.382 e. The third kappa shape index (κ3) is 3.05. The highest BCUT2D eigenvalue weighted by Crippen LogP contribution is 2.42. The summed E-state index contributed by atoms with van der Waals surface area (Å²) in [6, 6.07) is 10.9. The molecule has 0 bridgehead atoms. The van der Waals surface area contributed by atoms with Crippen LogP contribution >= 0.6 is 0 Å². The number of nitrogen functional groups attached to an aromatic ring is 1. The van der Waals surface area contributed by atoms with Crippen molar-refractivity contribution in [3.8, 4) is 11.4 Å². The lowest BCUT2D eigenvalue weighted by Crippen LogP contribution is -2.54. The smallest absolute Gasteiger partial charge is 0.219 e. The standard InChI is InChI=1S/C24H27N7O/c1-15(32)29-8-10-30(11-9-29)18-12-17(13-18)24-28-21(22-23(25)26-6-7-31(22)24)20-14-16-4-2-3-5-19(16)27-20/h2-7,14,17-18,27H,8-13H2,1H3,(H2,25,26)/t17-,18+. The van der Waals surface area contributed by atoms with Gasteiger partial charge in [-0.25, -0.2) is 9.97 Å². The largest absolute Gasteiger partial charge is 0.382 e. The molecule has 1 amide bonds. The molecule has 164 valence electrons. The van der Waals surface area contributed by atoms with Gasteiger partial charge in [-0.3, -0.25) is 14.1 Å². The number of H-pyrrole nitrogens is 1. The summed E-state index contributed by atoms with van der Waals surface area (Å²) in [5.41, 5.74) is 10.1. The molecule has 6 rings (SSSR count). The minimum absolute atomic E-state index is 0.177. The summed E-state index contributed by atoms with van der Waals surface area (Å²) in [6.45, 7) is 5.22. The predicted octanol–water partition coefficient (Wildman–Crippen LogP) is 2.87. The fourth-order valence-corrected chi connectivity index (χ4v) is 5.26. The Hall–Kier alpha value is -3.39. The van der Waals surface area contributed by atoms with E-state index in [4.69, 9.17) is 10.7 Å². The second-order valence-electron chi connectivity index (χ2n) is 8.98. The van der Waals surface area contributed by atoms with E-state index in [2.05, 4.69) is 37.5 Å². The maximum atomic E-state index is 11.6. The van der Waals surface area contributed by atoms with Crippen LogP contribution in [0.5, 0.6) is 0 Å². The number of aromatic nitrogens is 4. The molecule has 8 nitrogen and oxygen atoms in total. The molecule has 1 saturated heterocycles. The van der Waals surface area contributed by atoms with E-state index < -0.39 is 0 Å². The number of benzene rings is 1. The summed E-state index contributed by atoms with van der Waals surface area (Å²) in [7, 11) is 0. The van der Waals surface area contributed by atoms with Gasteiger partial charge in [0.15, 0.2) is 0 Å². The Kier molecular flexibility index (Phi) is 4.43. The number of rotatable bonds is 3. The summed E-state index contributed by atoms with van der Waals surface area (Å²) >= 11 is 0. The van der Waals surface area contributed by atoms with E-state index in [9.17, 15) is 4.79 Å². The number of para-hydroxylation sites is 1. The number of piperazine rings is 1. The molecule has 1 aromatic carbocycles. The van der Waals surface area contributed by atoms with Gasteiger partial charge < -0.3 is 15.6 Å². The average molecular weight is 430 g/mol. The van der Waals surface area contributed by atoms with Crippen LogP contribution < -0.4 is 5.73 Å². The van der Waals surface area contributed by atoms with Gasteiger partial charge in [0.05, 0.1) is 5.69 Å². The van der Waals surface area contributed by atoms with Crippen molar-refractivity contribution in [2.45, 2.75) is 31.7 Å². The Balaban J connectivity index is 1.28. The van der Waals surface area contributed by atoms with Crippen molar-refractivity contribution in [2.24, 2.45) is 0 Å².